The number of nitrogens with zero attached hydrogens (tertiary/aromatic N) is 3. The fraction of sp³-hybridized carbons (Fsp3) is 0.389. The van der Waals surface area contributed by atoms with Gasteiger partial charge in [-0.15, -0.1) is 0 Å². The molecule has 2 heterocycles. The number of carboxylic acid groups (broad SMARTS) is 1. The van der Waals surface area contributed by atoms with Crippen LogP contribution in [-0.2, 0) is 4.79 Å². The topological polar surface area (TPSA) is 126 Å². The zero-order chi connectivity index (χ0) is 20.8. The highest BCUT2D eigenvalue weighted by molar-refractivity contribution is 9.10. The van der Waals surface area contributed by atoms with Crippen LogP contribution in [0.4, 0.5) is 10.2 Å². The monoisotopic (exact) mass is 469 g/mol. The average Bonchev–Trinajstić information content (AvgIpc) is 3.05. The second kappa shape index (κ2) is 9.59. The maximum Gasteiger partial charge on any atom is 0.324 e. The summed E-state index contributed by atoms with van der Waals surface area (Å²) in [5, 5.41) is 16.4. The van der Waals surface area contributed by atoms with Crippen molar-refractivity contribution in [3.05, 3.63) is 40.3 Å². The van der Waals surface area contributed by atoms with Crippen molar-refractivity contribution in [2.45, 2.75) is 25.4 Å². The zero-order valence-corrected chi connectivity index (χ0v) is 17.1. The number of ether oxygens (including phenoxy) is 1. The van der Waals surface area contributed by atoms with E-state index in [1.807, 2.05) is 0 Å². The zero-order valence-electron chi connectivity index (χ0n) is 15.5. The van der Waals surface area contributed by atoms with Crippen LogP contribution >= 0.6 is 15.9 Å². The molecule has 0 aliphatic carbocycles. The predicted octanol–water partition coefficient (Wildman–Crippen LogP) is 2.31. The number of amidine groups is 1. The Labute approximate surface area is 174 Å². The lowest BCUT2D eigenvalue weighted by molar-refractivity contribution is -0.135. The van der Waals surface area contributed by atoms with Crippen LogP contribution in [0.1, 0.15) is 25.0 Å². The number of carbonyl (C=O) groups is 1. The van der Waals surface area contributed by atoms with Crippen LogP contribution in [0.15, 0.2) is 38.4 Å². The lowest BCUT2D eigenvalue weighted by Crippen LogP contribution is -2.26. The summed E-state index contributed by atoms with van der Waals surface area (Å²) in [5.74, 6) is -0.0262. The van der Waals surface area contributed by atoms with Gasteiger partial charge in [0.25, 0.3) is 0 Å². The molecule has 3 rings (SSSR count). The molecule has 29 heavy (non-hydrogen) atoms. The summed E-state index contributed by atoms with van der Waals surface area (Å²) in [5.41, 5.74) is 8.11. The first-order valence-electron chi connectivity index (χ1n) is 9.04. The van der Waals surface area contributed by atoms with Gasteiger partial charge in [-0.1, -0.05) is 5.16 Å². The molecule has 4 N–H and O–H groups in total. The number of aliphatic carboxylic acids is 1. The van der Waals surface area contributed by atoms with Crippen LogP contribution in [0.2, 0.25) is 0 Å². The molecule has 2 aromatic rings. The van der Waals surface area contributed by atoms with Gasteiger partial charge in [0.2, 0.25) is 5.76 Å². The summed E-state index contributed by atoms with van der Waals surface area (Å²) in [6, 6.07) is 6.03. The van der Waals surface area contributed by atoms with Crippen molar-refractivity contribution < 1.29 is 23.6 Å². The molecule has 1 aliphatic heterocycles. The van der Waals surface area contributed by atoms with Gasteiger partial charge in [-0.2, -0.15) is 5.10 Å². The second-order valence-corrected chi connectivity index (χ2v) is 7.36. The first kappa shape index (κ1) is 20.9. The third-order valence-electron chi connectivity index (χ3n) is 4.37. The minimum Gasteiger partial charge on any atom is -0.489 e. The molecule has 0 bridgehead atoms. The number of anilines is 1. The number of rotatable bonds is 7. The van der Waals surface area contributed by atoms with E-state index in [1.165, 1.54) is 12.1 Å². The average molecular weight is 470 g/mol. The van der Waals surface area contributed by atoms with E-state index in [0.29, 0.717) is 22.6 Å². The largest absolute Gasteiger partial charge is 0.489 e. The number of aromatic nitrogens is 1. The van der Waals surface area contributed by atoms with Crippen molar-refractivity contribution in [3.8, 4) is 5.75 Å². The van der Waals surface area contributed by atoms with Crippen LogP contribution in [0.25, 0.3) is 0 Å². The molecular weight excluding hydrogens is 449 g/mol. The lowest BCUT2D eigenvalue weighted by Gasteiger charge is -2.20. The molecule has 0 spiro atoms. The summed E-state index contributed by atoms with van der Waals surface area (Å²) >= 11 is 3.38. The molecule has 1 saturated heterocycles. The quantitative estimate of drug-likeness (QED) is 0.320. The fourth-order valence-electron chi connectivity index (χ4n) is 2.94. The number of hydrogen-bond acceptors (Lipinski definition) is 7. The summed E-state index contributed by atoms with van der Waals surface area (Å²) in [6.07, 6.45) is 2.38. The van der Waals surface area contributed by atoms with Gasteiger partial charge in [-0.3, -0.25) is 10.2 Å². The Hall–Kier alpha value is -2.82. The Morgan fingerprint density at radius 2 is 2.28 bits per heavy atom. The van der Waals surface area contributed by atoms with Gasteiger partial charge in [0.1, 0.15) is 24.2 Å². The number of halogens is 2. The number of nitrogens with one attached hydrogen (secondary N) is 1. The first-order valence-corrected chi connectivity index (χ1v) is 9.83. The fourth-order valence-corrected chi connectivity index (χ4v) is 3.28. The van der Waals surface area contributed by atoms with Gasteiger partial charge in [-0.05, 0) is 40.9 Å². The summed E-state index contributed by atoms with van der Waals surface area (Å²) < 4.78 is 25.4. The van der Waals surface area contributed by atoms with Gasteiger partial charge < -0.3 is 25.0 Å². The molecule has 156 valence electrons. The van der Waals surface area contributed by atoms with Gasteiger partial charge in [0, 0.05) is 31.6 Å². The Kier molecular flexibility index (Phi) is 6.91. The molecule has 1 unspecified atom stereocenters. The summed E-state index contributed by atoms with van der Waals surface area (Å²) in [4.78, 5) is 12.5. The number of carboxylic acids is 1. The maximum atomic E-state index is 13.5. The van der Waals surface area contributed by atoms with Gasteiger partial charge in [0.15, 0.2) is 11.7 Å². The molecule has 1 aromatic heterocycles. The van der Waals surface area contributed by atoms with E-state index < -0.39 is 5.97 Å². The first-order chi connectivity index (χ1) is 13.9. The molecule has 11 heteroatoms. The van der Waals surface area contributed by atoms with Crippen molar-refractivity contribution in [3.63, 3.8) is 0 Å². The standard InChI is InChI=1S/C18H21BrFN5O4/c19-13-4-3-11(20)8-14(13)28-12-2-1-6-25(7-5-12)16-9-15(29-24-16)18(21)23-22-10-17(26)27/h3-4,8-9,12,22H,1-2,5-7,10H2,(H2,21,23)(H,26,27). The highest BCUT2D eigenvalue weighted by atomic mass is 79.9. The van der Waals surface area contributed by atoms with Crippen LogP contribution in [0.5, 0.6) is 5.75 Å². The van der Waals surface area contributed by atoms with Crippen molar-refractivity contribution in [2.75, 3.05) is 24.5 Å². The Bertz CT molecular complexity index is 891. The molecule has 1 aliphatic rings. The van der Waals surface area contributed by atoms with Gasteiger partial charge in [0.05, 0.1) is 4.47 Å². The van der Waals surface area contributed by atoms with E-state index >= 15 is 0 Å². The summed E-state index contributed by atoms with van der Waals surface area (Å²) in [6.45, 7) is 1.08. The van der Waals surface area contributed by atoms with E-state index in [-0.39, 0.29) is 30.1 Å². The molecule has 0 radical (unpaired) electrons. The summed E-state index contributed by atoms with van der Waals surface area (Å²) in [7, 11) is 0. The molecule has 0 amide bonds. The van der Waals surface area contributed by atoms with E-state index in [2.05, 4.69) is 36.5 Å². The minimum atomic E-state index is -1.05. The van der Waals surface area contributed by atoms with E-state index in [4.69, 9.17) is 20.1 Å². The lowest BCUT2D eigenvalue weighted by atomic mass is 10.1. The van der Waals surface area contributed by atoms with Crippen molar-refractivity contribution in [1.82, 2.24) is 10.6 Å². The Morgan fingerprint density at radius 1 is 1.45 bits per heavy atom. The van der Waals surface area contributed by atoms with Gasteiger partial charge >= 0.3 is 5.97 Å². The Morgan fingerprint density at radius 3 is 3.07 bits per heavy atom. The normalized spacial score (nSPS) is 17.7. The van der Waals surface area contributed by atoms with Crippen molar-refractivity contribution in [2.24, 2.45) is 10.8 Å². The maximum absolute atomic E-state index is 13.5. The number of hydrogen-bond donors (Lipinski definition) is 3. The van der Waals surface area contributed by atoms with E-state index in [1.54, 1.807) is 12.1 Å². The molecule has 1 aromatic carbocycles. The molecular formula is C18H21BrFN5O4. The highest BCUT2D eigenvalue weighted by Crippen LogP contribution is 2.29. The number of benzene rings is 1. The number of hydrazone groups is 1. The van der Waals surface area contributed by atoms with Crippen LogP contribution < -0.4 is 20.8 Å². The molecule has 0 saturated carbocycles. The van der Waals surface area contributed by atoms with E-state index in [0.717, 1.165) is 25.8 Å². The second-order valence-electron chi connectivity index (χ2n) is 6.51. The molecule has 9 nitrogen and oxygen atoms in total. The van der Waals surface area contributed by atoms with Crippen LogP contribution in [-0.4, -0.2) is 47.8 Å². The van der Waals surface area contributed by atoms with Crippen LogP contribution in [0.3, 0.4) is 0 Å². The van der Waals surface area contributed by atoms with Gasteiger partial charge in [-0.25, -0.2) is 4.39 Å². The Balaban J connectivity index is 1.59. The van der Waals surface area contributed by atoms with Crippen molar-refractivity contribution >= 4 is 33.6 Å². The molecule has 1 atom stereocenters. The van der Waals surface area contributed by atoms with Crippen LogP contribution in [0, 0.1) is 5.82 Å². The van der Waals surface area contributed by atoms with E-state index in [9.17, 15) is 9.18 Å². The minimum absolute atomic E-state index is 0.0111. The highest BCUT2D eigenvalue weighted by Gasteiger charge is 2.22. The number of nitrogens with two attached hydrogens (primary N) is 1. The SMILES string of the molecule is N/C(=N\NCC(=O)O)c1cc(N2CCCC(Oc3cc(F)ccc3Br)CC2)no1. The predicted molar refractivity (Wildman–Crippen MR) is 107 cm³/mol. The molecule has 1 fully saturated rings. The van der Waals surface area contributed by atoms with Crippen molar-refractivity contribution in [1.29, 1.82) is 0 Å². The third-order valence-corrected chi connectivity index (χ3v) is 5.02. The smallest absolute Gasteiger partial charge is 0.324 e. The third kappa shape index (κ3) is 5.83.